The zero-order valence-corrected chi connectivity index (χ0v) is 13.5. The third kappa shape index (κ3) is 7.78. The third-order valence-electron chi connectivity index (χ3n) is 2.72. The topological polar surface area (TPSA) is 34.1 Å². The van der Waals surface area contributed by atoms with E-state index in [4.69, 9.17) is 0 Å². The van der Waals surface area contributed by atoms with E-state index in [1.807, 2.05) is 6.92 Å². The molecule has 0 radical (unpaired) electrons. The van der Waals surface area contributed by atoms with Gasteiger partial charge < -0.3 is 10.1 Å². The van der Waals surface area contributed by atoms with Crippen LogP contribution in [0.3, 0.4) is 0 Å². The Bertz CT molecular complexity index is 419. The van der Waals surface area contributed by atoms with Crippen LogP contribution in [0.25, 0.3) is 0 Å². The van der Waals surface area contributed by atoms with E-state index in [0.29, 0.717) is 12.3 Å². The molecule has 0 unspecified atom stereocenters. The van der Waals surface area contributed by atoms with Gasteiger partial charge in [0.05, 0.1) is 17.3 Å². The molecule has 0 spiro atoms. The van der Waals surface area contributed by atoms with Crippen LogP contribution in [0.2, 0.25) is 0 Å². The number of ether oxygens (including phenoxy) is 1. The normalized spacial score (nSPS) is 12.3. The van der Waals surface area contributed by atoms with E-state index < -0.39 is 12.8 Å². The molecule has 0 fully saturated rings. The van der Waals surface area contributed by atoms with Crippen LogP contribution in [0, 0.1) is 5.92 Å². The highest BCUT2D eigenvalue weighted by Gasteiger charge is 2.27. The monoisotopic (exact) mass is 324 g/mol. The summed E-state index contributed by atoms with van der Waals surface area (Å²) in [7, 11) is 0. The Kier molecular flexibility index (Phi) is 7.62. The summed E-state index contributed by atoms with van der Waals surface area (Å²) in [5, 5.41) is 4.21. The number of rotatable bonds is 9. The van der Waals surface area contributed by atoms with Crippen molar-refractivity contribution in [2.24, 2.45) is 5.92 Å². The van der Waals surface area contributed by atoms with E-state index in [2.05, 4.69) is 28.9 Å². The van der Waals surface area contributed by atoms with E-state index in [1.165, 1.54) is 4.88 Å². The first kappa shape index (κ1) is 18.4. The Balaban J connectivity index is 2.43. The molecule has 0 aliphatic heterocycles. The number of alkyl halides is 3. The van der Waals surface area contributed by atoms with Gasteiger partial charge in [0, 0.05) is 17.8 Å². The smallest absolute Gasteiger partial charge is 0.372 e. The molecule has 0 aliphatic carbocycles. The number of nitrogens with one attached hydrogen (secondary N) is 1. The highest BCUT2D eigenvalue weighted by atomic mass is 32.1. The maximum atomic E-state index is 12.0. The summed E-state index contributed by atoms with van der Waals surface area (Å²) < 4.78 is 40.5. The number of aryl methyl sites for hydroxylation is 1. The van der Waals surface area contributed by atoms with Gasteiger partial charge in [-0.25, -0.2) is 4.98 Å². The molecule has 1 heterocycles. The molecular weight excluding hydrogens is 301 g/mol. The van der Waals surface area contributed by atoms with Gasteiger partial charge in [-0.05, 0) is 18.9 Å². The van der Waals surface area contributed by atoms with Crippen LogP contribution in [0.15, 0.2) is 0 Å². The summed E-state index contributed by atoms with van der Waals surface area (Å²) in [6.07, 6.45) is -3.00. The van der Waals surface area contributed by atoms with Gasteiger partial charge in [0.15, 0.2) is 0 Å². The zero-order valence-electron chi connectivity index (χ0n) is 12.7. The van der Waals surface area contributed by atoms with Crippen LogP contribution < -0.4 is 5.32 Å². The lowest BCUT2D eigenvalue weighted by Gasteiger charge is -2.06. The second-order valence-electron chi connectivity index (χ2n) is 5.27. The summed E-state index contributed by atoms with van der Waals surface area (Å²) in [5.41, 5.74) is 1.03. The first-order chi connectivity index (χ1) is 9.81. The van der Waals surface area contributed by atoms with Crippen LogP contribution in [0.1, 0.15) is 36.3 Å². The van der Waals surface area contributed by atoms with Gasteiger partial charge in [-0.3, -0.25) is 0 Å². The lowest BCUT2D eigenvalue weighted by atomic mass is 10.2. The molecular formula is C14H23F3N2OS. The number of hydrogen-bond acceptors (Lipinski definition) is 4. The zero-order chi connectivity index (χ0) is 15.9. The molecule has 21 heavy (non-hydrogen) atoms. The summed E-state index contributed by atoms with van der Waals surface area (Å²) in [4.78, 5) is 5.65. The summed E-state index contributed by atoms with van der Waals surface area (Å²) in [6.45, 7) is 6.88. The van der Waals surface area contributed by atoms with Crippen molar-refractivity contribution < 1.29 is 17.9 Å². The van der Waals surface area contributed by atoms with E-state index in [0.717, 1.165) is 30.2 Å². The van der Waals surface area contributed by atoms with E-state index in [1.54, 1.807) is 11.3 Å². The van der Waals surface area contributed by atoms with E-state index >= 15 is 0 Å². The Labute approximate surface area is 127 Å². The molecule has 1 N–H and O–H groups in total. The van der Waals surface area contributed by atoms with Crippen LogP contribution in [-0.2, 0) is 24.1 Å². The second kappa shape index (κ2) is 8.70. The van der Waals surface area contributed by atoms with Crippen molar-refractivity contribution in [1.29, 1.82) is 0 Å². The highest BCUT2D eigenvalue weighted by molar-refractivity contribution is 7.11. The number of aromatic nitrogens is 1. The van der Waals surface area contributed by atoms with E-state index in [9.17, 15) is 13.2 Å². The van der Waals surface area contributed by atoms with Gasteiger partial charge in [-0.1, -0.05) is 20.8 Å². The Morgan fingerprint density at radius 1 is 1.33 bits per heavy atom. The minimum absolute atomic E-state index is 0.0506. The van der Waals surface area contributed by atoms with E-state index in [-0.39, 0.29) is 6.61 Å². The molecule has 1 aromatic heterocycles. The van der Waals surface area contributed by atoms with Gasteiger partial charge >= 0.3 is 6.18 Å². The Morgan fingerprint density at radius 3 is 2.62 bits per heavy atom. The van der Waals surface area contributed by atoms with Crippen molar-refractivity contribution in [3.05, 3.63) is 15.6 Å². The van der Waals surface area contributed by atoms with Gasteiger partial charge in [0.2, 0.25) is 0 Å². The third-order valence-corrected chi connectivity index (χ3v) is 3.88. The SMILES string of the molecule is CCc1nc(CCOCC(F)(F)F)sc1CNCC(C)C. The standard InChI is InChI=1S/C14H23F3N2OS/c1-4-11-12(8-18-7-10(2)3)21-13(19-11)5-6-20-9-14(15,16)17/h10,18H,4-9H2,1-3H3. The van der Waals surface area contributed by atoms with Gasteiger partial charge in [-0.15, -0.1) is 11.3 Å². The molecule has 0 saturated carbocycles. The number of nitrogens with zero attached hydrogens (tertiary/aromatic N) is 1. The molecule has 122 valence electrons. The Hall–Kier alpha value is -0.660. The highest BCUT2D eigenvalue weighted by Crippen LogP contribution is 2.20. The predicted molar refractivity (Wildman–Crippen MR) is 78.6 cm³/mol. The van der Waals surface area contributed by atoms with Crippen molar-refractivity contribution in [3.8, 4) is 0 Å². The maximum Gasteiger partial charge on any atom is 0.411 e. The number of halogens is 3. The van der Waals surface area contributed by atoms with Crippen LogP contribution in [-0.4, -0.2) is 30.9 Å². The summed E-state index contributed by atoms with van der Waals surface area (Å²) in [5.74, 6) is 0.582. The fourth-order valence-electron chi connectivity index (χ4n) is 1.78. The molecule has 0 bridgehead atoms. The van der Waals surface area contributed by atoms with Crippen molar-refractivity contribution in [2.75, 3.05) is 19.8 Å². The average molecular weight is 324 g/mol. The van der Waals surface area contributed by atoms with Crippen molar-refractivity contribution >= 4 is 11.3 Å². The lowest BCUT2D eigenvalue weighted by molar-refractivity contribution is -0.173. The largest absolute Gasteiger partial charge is 0.411 e. The molecule has 0 aliphatic rings. The molecule has 1 rings (SSSR count). The second-order valence-corrected chi connectivity index (χ2v) is 6.44. The molecule has 0 aromatic carbocycles. The predicted octanol–water partition coefficient (Wildman–Crippen LogP) is 3.57. The lowest BCUT2D eigenvalue weighted by Crippen LogP contribution is -2.18. The van der Waals surface area contributed by atoms with Gasteiger partial charge in [0.25, 0.3) is 0 Å². The van der Waals surface area contributed by atoms with Crippen LogP contribution in [0.5, 0.6) is 0 Å². The van der Waals surface area contributed by atoms with Crippen molar-refractivity contribution in [3.63, 3.8) is 0 Å². The molecule has 7 heteroatoms. The number of hydrogen-bond donors (Lipinski definition) is 1. The molecule has 0 saturated heterocycles. The minimum atomic E-state index is -4.26. The number of thiazole rings is 1. The summed E-state index contributed by atoms with van der Waals surface area (Å²) >= 11 is 1.56. The van der Waals surface area contributed by atoms with Crippen molar-refractivity contribution in [1.82, 2.24) is 10.3 Å². The quantitative estimate of drug-likeness (QED) is 0.705. The van der Waals surface area contributed by atoms with Crippen LogP contribution >= 0.6 is 11.3 Å². The van der Waals surface area contributed by atoms with Crippen LogP contribution in [0.4, 0.5) is 13.2 Å². The Morgan fingerprint density at radius 2 is 2.05 bits per heavy atom. The molecule has 1 aromatic rings. The molecule has 3 nitrogen and oxygen atoms in total. The maximum absolute atomic E-state index is 12.0. The first-order valence-electron chi connectivity index (χ1n) is 7.14. The van der Waals surface area contributed by atoms with Crippen molar-refractivity contribution in [2.45, 2.75) is 46.3 Å². The minimum Gasteiger partial charge on any atom is -0.372 e. The molecule has 0 atom stereocenters. The fourth-order valence-corrected chi connectivity index (χ4v) is 2.89. The fraction of sp³-hybridized carbons (Fsp3) is 0.786. The van der Waals surface area contributed by atoms with Gasteiger partial charge in [0.1, 0.15) is 6.61 Å². The first-order valence-corrected chi connectivity index (χ1v) is 7.96. The average Bonchev–Trinajstić information content (AvgIpc) is 2.75. The molecule has 0 amide bonds. The summed E-state index contributed by atoms with van der Waals surface area (Å²) in [6, 6.07) is 0. The van der Waals surface area contributed by atoms with Gasteiger partial charge in [-0.2, -0.15) is 13.2 Å².